The van der Waals surface area contributed by atoms with Gasteiger partial charge in [0.05, 0.1) is 12.1 Å². The molecule has 0 spiro atoms. The van der Waals surface area contributed by atoms with Gasteiger partial charge in [0, 0.05) is 17.8 Å². The molecule has 0 unspecified atom stereocenters. The van der Waals surface area contributed by atoms with E-state index in [1.165, 1.54) is 0 Å². The minimum absolute atomic E-state index is 0.0106. The highest BCUT2D eigenvalue weighted by Gasteiger charge is 2.49. The number of para-hydroxylation sites is 1. The van der Waals surface area contributed by atoms with Crippen molar-refractivity contribution in [2.24, 2.45) is 0 Å². The van der Waals surface area contributed by atoms with Gasteiger partial charge in [0.25, 0.3) is 11.7 Å². The Bertz CT molecular complexity index is 1800. The van der Waals surface area contributed by atoms with Crippen molar-refractivity contribution in [1.82, 2.24) is 4.90 Å². The van der Waals surface area contributed by atoms with Crippen LogP contribution in [0.15, 0.2) is 164 Å². The van der Waals surface area contributed by atoms with E-state index in [1.807, 2.05) is 66.7 Å². The number of Topliss-reactive ketones (excluding diaryl/α,β-unsaturated/α-hetero) is 1. The van der Waals surface area contributed by atoms with Gasteiger partial charge in [0.1, 0.15) is 5.60 Å². The van der Waals surface area contributed by atoms with Crippen LogP contribution >= 0.6 is 0 Å². The van der Waals surface area contributed by atoms with Gasteiger partial charge in [-0.3, -0.25) is 14.5 Å². The molecule has 1 amide bonds. The van der Waals surface area contributed by atoms with E-state index in [0.29, 0.717) is 11.3 Å². The Balaban J connectivity index is 1.47. The molecule has 2 atom stereocenters. The van der Waals surface area contributed by atoms with Crippen LogP contribution in [0.3, 0.4) is 0 Å². The van der Waals surface area contributed by atoms with Gasteiger partial charge in [-0.15, -0.1) is 0 Å². The van der Waals surface area contributed by atoms with Gasteiger partial charge in [-0.2, -0.15) is 0 Å². The van der Waals surface area contributed by atoms with Gasteiger partial charge >= 0.3 is 0 Å². The summed E-state index contributed by atoms with van der Waals surface area (Å²) in [5.41, 5.74) is 3.46. The molecule has 1 heterocycles. The second-order valence-electron chi connectivity index (χ2n) is 13.5. The van der Waals surface area contributed by atoms with Gasteiger partial charge in [0.2, 0.25) is 0 Å². The number of hydrogen-bond acceptors (Lipinski definition) is 4. The molecule has 0 N–H and O–H groups in total. The minimum Gasteiger partial charge on any atom is -0.402 e. The molecule has 6 heteroatoms. The maximum atomic E-state index is 14.3. The molecule has 5 nitrogen and oxygen atoms in total. The minimum atomic E-state index is -2.12. The fourth-order valence-electron chi connectivity index (χ4n) is 7.00. The highest BCUT2D eigenvalue weighted by molar-refractivity contribution is 6.69. The first kappa shape index (κ1) is 33.8. The number of benzene rings is 5. The van der Waals surface area contributed by atoms with E-state index in [0.717, 1.165) is 36.1 Å². The molecule has 0 aromatic heterocycles. The van der Waals surface area contributed by atoms with Crippen LogP contribution in [0.1, 0.15) is 45.9 Å². The van der Waals surface area contributed by atoms with Crippen LogP contribution in [0.2, 0.25) is 19.6 Å². The third kappa shape index (κ3) is 7.51. The van der Waals surface area contributed by atoms with Gasteiger partial charge in [-0.1, -0.05) is 140 Å². The van der Waals surface area contributed by atoms with Gasteiger partial charge in [0.15, 0.2) is 8.32 Å². The Kier molecular flexibility index (Phi) is 10.4. The Morgan fingerprint density at radius 2 is 1.22 bits per heavy atom. The third-order valence-corrected chi connectivity index (χ3v) is 9.93. The number of rotatable bonds is 12. The van der Waals surface area contributed by atoms with Crippen LogP contribution in [0.5, 0.6) is 0 Å². The second-order valence-corrected chi connectivity index (χ2v) is 17.9. The molecule has 0 bridgehead atoms. The predicted octanol–water partition coefficient (Wildman–Crippen LogP) is 9.42. The van der Waals surface area contributed by atoms with Gasteiger partial charge < -0.3 is 9.33 Å². The van der Waals surface area contributed by atoms with E-state index in [1.54, 1.807) is 29.2 Å². The summed E-state index contributed by atoms with van der Waals surface area (Å²) in [4.78, 5) is 32.1. The third-order valence-electron chi connectivity index (χ3n) is 9.00. The number of carbonyl (C=O) groups is 2. The average Bonchev–Trinajstić information content (AvgIpc) is 3.62. The van der Waals surface area contributed by atoms with E-state index in [4.69, 9.17) is 4.43 Å². The van der Waals surface area contributed by atoms with Crippen LogP contribution in [0.4, 0.5) is 5.69 Å². The van der Waals surface area contributed by atoms with Crippen LogP contribution in [-0.2, 0) is 14.8 Å². The average molecular weight is 665 g/mol. The zero-order chi connectivity index (χ0) is 34.3. The molecular weight excluding hydrogens is 621 g/mol. The molecule has 0 radical (unpaired) electrons. The molecule has 5 aromatic carbocycles. The lowest BCUT2D eigenvalue weighted by atomic mass is 9.79. The largest absolute Gasteiger partial charge is 0.402 e. The topological polar surface area (TPSA) is 49.9 Å². The van der Waals surface area contributed by atoms with E-state index in [-0.39, 0.29) is 6.04 Å². The van der Waals surface area contributed by atoms with Crippen LogP contribution in [0.25, 0.3) is 0 Å². The summed E-state index contributed by atoms with van der Waals surface area (Å²) in [5, 5.41) is 0. The summed E-state index contributed by atoms with van der Waals surface area (Å²) in [6, 6.07) is 48.9. The van der Waals surface area contributed by atoms with E-state index < -0.39 is 31.7 Å². The molecular formula is C43H44N2O3Si. The zero-order valence-corrected chi connectivity index (χ0v) is 29.5. The fraction of sp³-hybridized carbons (Fsp3) is 0.209. The summed E-state index contributed by atoms with van der Waals surface area (Å²) < 4.78 is 7.39. The number of nitrogens with zero attached hydrogens (tertiary/aromatic N) is 2. The quantitative estimate of drug-likeness (QED) is 0.0758. The highest BCUT2D eigenvalue weighted by atomic mass is 28.4. The summed E-state index contributed by atoms with van der Waals surface area (Å²) in [5.74, 6) is -1.13. The van der Waals surface area contributed by atoms with Crippen molar-refractivity contribution in [1.29, 1.82) is 0 Å². The second kappa shape index (κ2) is 15.0. The summed E-state index contributed by atoms with van der Waals surface area (Å²) >= 11 is 0. The number of amides is 1. The predicted molar refractivity (Wildman–Crippen MR) is 201 cm³/mol. The molecule has 1 saturated heterocycles. The SMILES string of the molecule is C[Si](C)(C)OC(c1ccccc1)(c1ccccc1)[C@@H]1CCCN1/C=C/[C@@H](c1ccccc1)N(C(=O)C(=O)c1ccccc1)c1ccccc1. The maximum Gasteiger partial charge on any atom is 0.300 e. The lowest BCUT2D eigenvalue weighted by Gasteiger charge is -2.47. The number of likely N-dealkylation sites (tertiary alicyclic amines) is 1. The molecule has 1 aliphatic rings. The maximum absolute atomic E-state index is 14.3. The fourth-order valence-corrected chi connectivity index (χ4v) is 8.34. The van der Waals surface area contributed by atoms with Crippen molar-refractivity contribution in [3.8, 4) is 0 Å². The smallest absolute Gasteiger partial charge is 0.300 e. The lowest BCUT2D eigenvalue weighted by molar-refractivity contribution is -0.115. The molecule has 248 valence electrons. The summed E-state index contributed by atoms with van der Waals surface area (Å²) in [7, 11) is -2.12. The van der Waals surface area contributed by atoms with E-state index in [9.17, 15) is 9.59 Å². The molecule has 0 aliphatic carbocycles. The molecule has 0 saturated carbocycles. The van der Waals surface area contributed by atoms with Crippen molar-refractivity contribution >= 4 is 25.7 Å². The van der Waals surface area contributed by atoms with Crippen LogP contribution in [0, 0.1) is 0 Å². The summed E-state index contributed by atoms with van der Waals surface area (Å²) in [6.45, 7) is 7.59. The first-order valence-electron chi connectivity index (χ1n) is 17.1. The zero-order valence-electron chi connectivity index (χ0n) is 28.5. The normalized spacial score (nSPS) is 15.7. The molecule has 5 aromatic rings. The number of carbonyl (C=O) groups excluding carboxylic acids is 2. The Morgan fingerprint density at radius 1 is 0.735 bits per heavy atom. The molecule has 49 heavy (non-hydrogen) atoms. The molecule has 1 aliphatic heterocycles. The Hall–Kier alpha value is -5.04. The number of anilines is 1. The van der Waals surface area contributed by atoms with Crippen LogP contribution < -0.4 is 4.90 Å². The van der Waals surface area contributed by atoms with Crippen molar-refractivity contribution in [3.05, 3.63) is 186 Å². The monoisotopic (exact) mass is 664 g/mol. The van der Waals surface area contributed by atoms with Crippen molar-refractivity contribution in [2.45, 2.75) is 50.2 Å². The first-order chi connectivity index (χ1) is 23.8. The molecule has 6 rings (SSSR count). The van der Waals surface area contributed by atoms with Crippen molar-refractivity contribution < 1.29 is 14.0 Å². The van der Waals surface area contributed by atoms with Gasteiger partial charge in [-0.25, -0.2) is 0 Å². The highest BCUT2D eigenvalue weighted by Crippen LogP contribution is 2.45. The standard InChI is InChI=1S/C43H44N2O3Si/c1-49(2,3)48-43(36-24-13-6-14-25-36,37-26-15-7-16-27-37)40-30-19-32-44(40)33-31-39(34-20-9-4-10-21-34)45(38-28-17-8-18-29-38)42(47)41(46)35-22-11-5-12-23-35/h4-18,20-29,31,33,39-40H,19,30,32H2,1-3H3/b33-31+/t39-,40-/m0/s1. The lowest BCUT2D eigenvalue weighted by Crippen LogP contribution is -2.53. The van der Waals surface area contributed by atoms with E-state index >= 15 is 0 Å². The van der Waals surface area contributed by atoms with Gasteiger partial charge in [-0.05, 0) is 73.6 Å². The summed E-state index contributed by atoms with van der Waals surface area (Å²) in [6.07, 6.45) is 6.14. The first-order valence-corrected chi connectivity index (χ1v) is 20.5. The van der Waals surface area contributed by atoms with E-state index in [2.05, 4.69) is 97.5 Å². The Morgan fingerprint density at radius 3 is 1.76 bits per heavy atom. The van der Waals surface area contributed by atoms with Crippen molar-refractivity contribution in [3.63, 3.8) is 0 Å². The van der Waals surface area contributed by atoms with Crippen LogP contribution in [-0.4, -0.2) is 37.5 Å². The molecule has 1 fully saturated rings. The number of ketones is 1. The Labute approximate surface area is 291 Å². The van der Waals surface area contributed by atoms with Crippen molar-refractivity contribution in [2.75, 3.05) is 11.4 Å². The number of hydrogen-bond donors (Lipinski definition) is 0.